The Morgan fingerprint density at radius 2 is 2.25 bits per heavy atom. The maximum atomic E-state index is 11.1. The van der Waals surface area contributed by atoms with E-state index in [9.17, 15) is 4.79 Å². The van der Waals surface area contributed by atoms with Crippen molar-refractivity contribution in [2.45, 2.75) is 51.1 Å². The molecule has 0 aromatic carbocycles. The maximum absolute atomic E-state index is 11.1. The lowest BCUT2D eigenvalue weighted by atomic mass is 9.88. The van der Waals surface area contributed by atoms with Crippen LogP contribution in [0.25, 0.3) is 0 Å². The molecule has 5 heteroatoms. The van der Waals surface area contributed by atoms with Gasteiger partial charge in [0.2, 0.25) is 6.29 Å². The average molecular weight is 230 g/mol. The zero-order chi connectivity index (χ0) is 11.8. The Hall–Kier alpha value is -0.810. The van der Waals surface area contributed by atoms with Crippen LogP contribution in [0.2, 0.25) is 0 Å². The predicted molar refractivity (Wildman–Crippen MR) is 55.0 cm³/mol. The van der Waals surface area contributed by atoms with Gasteiger partial charge in [-0.05, 0) is 20.8 Å². The van der Waals surface area contributed by atoms with Gasteiger partial charge in [0.15, 0.2) is 0 Å². The minimum Gasteiger partial charge on any atom is -0.435 e. The molecule has 0 N–H and O–H groups in total. The summed E-state index contributed by atoms with van der Waals surface area (Å²) in [5.74, 6) is 0. The summed E-state index contributed by atoms with van der Waals surface area (Å²) in [5, 5.41) is 0. The highest BCUT2D eigenvalue weighted by atomic mass is 16.8. The van der Waals surface area contributed by atoms with Crippen molar-refractivity contribution in [2.75, 3.05) is 13.2 Å². The second kappa shape index (κ2) is 3.89. The van der Waals surface area contributed by atoms with E-state index in [0.717, 1.165) is 12.8 Å². The van der Waals surface area contributed by atoms with Gasteiger partial charge in [0.05, 0.1) is 18.8 Å². The van der Waals surface area contributed by atoms with Gasteiger partial charge in [-0.1, -0.05) is 0 Å². The van der Waals surface area contributed by atoms with E-state index in [0.29, 0.717) is 13.2 Å². The highest BCUT2D eigenvalue weighted by Gasteiger charge is 2.63. The Kier molecular flexibility index (Phi) is 2.84. The molecule has 0 bridgehead atoms. The van der Waals surface area contributed by atoms with Crippen molar-refractivity contribution in [2.24, 2.45) is 0 Å². The molecule has 2 aliphatic rings. The Bertz CT molecular complexity index is 288. The molecule has 2 aliphatic heterocycles. The first kappa shape index (κ1) is 11.7. The number of rotatable bonds is 2. The van der Waals surface area contributed by atoms with Crippen molar-refractivity contribution in [3.63, 3.8) is 0 Å². The summed E-state index contributed by atoms with van der Waals surface area (Å²) in [6.07, 6.45) is 0.383. The van der Waals surface area contributed by atoms with E-state index in [1.54, 1.807) is 6.92 Å². The second-order valence-corrected chi connectivity index (χ2v) is 4.85. The fraction of sp³-hybridized carbons (Fsp3) is 0.909. The molecule has 2 heterocycles. The van der Waals surface area contributed by atoms with Crippen molar-refractivity contribution in [3.8, 4) is 0 Å². The zero-order valence-electron chi connectivity index (χ0n) is 9.95. The molecule has 5 nitrogen and oxygen atoms in total. The van der Waals surface area contributed by atoms with Crippen LogP contribution in [0.5, 0.6) is 0 Å². The molecule has 0 amide bonds. The van der Waals surface area contributed by atoms with Gasteiger partial charge in [-0.2, -0.15) is 0 Å². The van der Waals surface area contributed by atoms with Crippen molar-refractivity contribution in [3.05, 3.63) is 0 Å². The predicted octanol–water partition coefficient (Wildman–Crippen LogP) is 1.84. The first-order valence-corrected chi connectivity index (χ1v) is 5.63. The van der Waals surface area contributed by atoms with Gasteiger partial charge in [-0.15, -0.1) is 0 Å². The zero-order valence-corrected chi connectivity index (χ0v) is 9.95. The van der Waals surface area contributed by atoms with Crippen LogP contribution in [0.1, 0.15) is 33.6 Å². The number of carbonyl (C=O) groups excluding carboxylic acids is 1. The molecule has 2 rings (SSSR count). The molecule has 2 fully saturated rings. The summed E-state index contributed by atoms with van der Waals surface area (Å²) < 4.78 is 20.8. The number of hydrogen-bond acceptors (Lipinski definition) is 5. The van der Waals surface area contributed by atoms with E-state index in [2.05, 4.69) is 0 Å². The van der Waals surface area contributed by atoms with E-state index in [1.165, 1.54) is 0 Å². The lowest BCUT2D eigenvalue weighted by Crippen LogP contribution is -2.40. The molecule has 2 unspecified atom stereocenters. The molecule has 0 radical (unpaired) electrons. The molecule has 0 aromatic rings. The smallest absolute Gasteiger partial charge is 0.435 e. The van der Waals surface area contributed by atoms with Gasteiger partial charge in [-0.25, -0.2) is 4.79 Å². The van der Waals surface area contributed by atoms with Crippen LogP contribution in [-0.4, -0.2) is 36.9 Å². The molecular formula is C11H18O5. The number of hydrogen-bond donors (Lipinski definition) is 0. The number of carbonyl (C=O) groups is 1. The van der Waals surface area contributed by atoms with E-state index in [4.69, 9.17) is 18.9 Å². The van der Waals surface area contributed by atoms with Gasteiger partial charge < -0.3 is 18.9 Å². The summed E-state index contributed by atoms with van der Waals surface area (Å²) in [7, 11) is 0. The molecular weight excluding hydrogens is 212 g/mol. The standard InChI is InChI=1S/C11H18O5/c1-4-13-9(12)15-8-11(16-8)5-6-14-10(2,3)7-11/h8H,4-7H2,1-3H3. The molecule has 0 saturated carbocycles. The molecule has 1 spiro atoms. The fourth-order valence-corrected chi connectivity index (χ4v) is 2.21. The van der Waals surface area contributed by atoms with Gasteiger partial charge >= 0.3 is 6.16 Å². The molecule has 2 saturated heterocycles. The third-order valence-corrected chi connectivity index (χ3v) is 2.92. The Balaban J connectivity index is 1.86. The Labute approximate surface area is 95.0 Å². The molecule has 2 atom stereocenters. The van der Waals surface area contributed by atoms with Gasteiger partial charge in [0.1, 0.15) is 5.60 Å². The SMILES string of the molecule is CCOC(=O)OC1OC12CCOC(C)(C)C2. The molecule has 0 aliphatic carbocycles. The summed E-state index contributed by atoms with van der Waals surface area (Å²) in [5.41, 5.74) is -0.556. The van der Waals surface area contributed by atoms with Gasteiger partial charge in [0.25, 0.3) is 0 Å². The monoisotopic (exact) mass is 230 g/mol. The third kappa shape index (κ3) is 2.30. The molecule has 92 valence electrons. The van der Waals surface area contributed by atoms with E-state index >= 15 is 0 Å². The van der Waals surface area contributed by atoms with Gasteiger partial charge in [0, 0.05) is 12.8 Å². The summed E-state index contributed by atoms with van der Waals surface area (Å²) in [6, 6.07) is 0. The molecule has 16 heavy (non-hydrogen) atoms. The van der Waals surface area contributed by atoms with Crippen molar-refractivity contribution in [1.29, 1.82) is 0 Å². The number of ether oxygens (including phenoxy) is 4. The van der Waals surface area contributed by atoms with Crippen LogP contribution in [0, 0.1) is 0 Å². The quantitative estimate of drug-likeness (QED) is 0.535. The minimum absolute atomic E-state index is 0.217. The average Bonchev–Trinajstić information content (AvgIpc) is 2.75. The Morgan fingerprint density at radius 1 is 1.50 bits per heavy atom. The maximum Gasteiger partial charge on any atom is 0.510 e. The summed E-state index contributed by atoms with van der Waals surface area (Å²) in [4.78, 5) is 11.1. The lowest BCUT2D eigenvalue weighted by Gasteiger charge is -2.33. The molecule has 0 aromatic heterocycles. The van der Waals surface area contributed by atoms with Crippen LogP contribution in [0.3, 0.4) is 0 Å². The lowest BCUT2D eigenvalue weighted by molar-refractivity contribution is -0.0807. The van der Waals surface area contributed by atoms with Crippen LogP contribution < -0.4 is 0 Å². The fourth-order valence-electron chi connectivity index (χ4n) is 2.21. The van der Waals surface area contributed by atoms with E-state index in [1.807, 2.05) is 13.8 Å². The topological polar surface area (TPSA) is 57.3 Å². The minimum atomic E-state index is -0.659. The van der Waals surface area contributed by atoms with Crippen LogP contribution >= 0.6 is 0 Å². The van der Waals surface area contributed by atoms with Crippen LogP contribution in [-0.2, 0) is 18.9 Å². The van der Waals surface area contributed by atoms with Crippen LogP contribution in [0.15, 0.2) is 0 Å². The van der Waals surface area contributed by atoms with Crippen molar-refractivity contribution < 1.29 is 23.7 Å². The highest BCUT2D eigenvalue weighted by molar-refractivity contribution is 5.60. The largest absolute Gasteiger partial charge is 0.510 e. The highest BCUT2D eigenvalue weighted by Crippen LogP contribution is 2.49. The first-order chi connectivity index (χ1) is 7.47. The summed E-state index contributed by atoms with van der Waals surface area (Å²) in [6.45, 7) is 6.71. The Morgan fingerprint density at radius 3 is 2.88 bits per heavy atom. The van der Waals surface area contributed by atoms with Crippen molar-refractivity contribution in [1.82, 2.24) is 0 Å². The first-order valence-electron chi connectivity index (χ1n) is 5.63. The normalized spacial score (nSPS) is 35.8. The second-order valence-electron chi connectivity index (χ2n) is 4.85. The van der Waals surface area contributed by atoms with E-state index in [-0.39, 0.29) is 11.2 Å². The third-order valence-electron chi connectivity index (χ3n) is 2.92. The van der Waals surface area contributed by atoms with Crippen molar-refractivity contribution >= 4 is 6.16 Å². The van der Waals surface area contributed by atoms with Crippen LogP contribution in [0.4, 0.5) is 4.79 Å². The summed E-state index contributed by atoms with van der Waals surface area (Å²) >= 11 is 0. The number of epoxide rings is 1. The van der Waals surface area contributed by atoms with Gasteiger partial charge in [-0.3, -0.25) is 0 Å². The van der Waals surface area contributed by atoms with E-state index < -0.39 is 12.4 Å².